The van der Waals surface area contributed by atoms with Crippen LogP contribution in [0.2, 0.25) is 0 Å². The molecule has 1 aliphatic rings. The molecule has 1 aliphatic heterocycles. The standard InChI is InChI=1S/C24H30N2O5S/c1-24(2,29)22(27)25-18-12-13-19(21(15-18)32(3)30)20-11-7-8-14-26(20)23(28)31-16-17-9-5-4-6-10-17/h4-6,9-10,12-13,15,20,29H,7-8,11,14,16H2,1-3H3,(H,25,27). The number of carbonyl (C=O) groups excluding carboxylic acids is 2. The summed E-state index contributed by atoms with van der Waals surface area (Å²) >= 11 is 0. The molecule has 3 rings (SSSR count). The molecule has 2 aromatic rings. The Hall–Kier alpha value is -2.71. The fourth-order valence-electron chi connectivity index (χ4n) is 3.70. The van der Waals surface area contributed by atoms with Gasteiger partial charge in [0.15, 0.2) is 0 Å². The van der Waals surface area contributed by atoms with E-state index in [0.29, 0.717) is 17.1 Å². The zero-order valence-electron chi connectivity index (χ0n) is 18.7. The van der Waals surface area contributed by atoms with E-state index in [-0.39, 0.29) is 12.6 Å². The lowest BCUT2D eigenvalue weighted by Gasteiger charge is -2.36. The Kier molecular flexibility index (Phi) is 7.69. The first kappa shape index (κ1) is 23.9. The van der Waals surface area contributed by atoms with Gasteiger partial charge in [0.1, 0.15) is 12.2 Å². The van der Waals surface area contributed by atoms with Crippen molar-refractivity contribution in [3.8, 4) is 0 Å². The molecule has 2 atom stereocenters. The van der Waals surface area contributed by atoms with Crippen molar-refractivity contribution in [1.82, 2.24) is 4.90 Å². The van der Waals surface area contributed by atoms with E-state index in [1.807, 2.05) is 30.3 Å². The van der Waals surface area contributed by atoms with E-state index < -0.39 is 28.4 Å². The molecule has 0 aromatic heterocycles. The van der Waals surface area contributed by atoms with Gasteiger partial charge >= 0.3 is 6.09 Å². The van der Waals surface area contributed by atoms with Crippen molar-refractivity contribution in [2.45, 2.75) is 56.3 Å². The van der Waals surface area contributed by atoms with Gasteiger partial charge in [0.25, 0.3) is 5.91 Å². The fraction of sp³-hybridized carbons (Fsp3) is 0.417. The minimum Gasteiger partial charge on any atom is -0.445 e. The van der Waals surface area contributed by atoms with Crippen molar-refractivity contribution in [1.29, 1.82) is 0 Å². The van der Waals surface area contributed by atoms with Gasteiger partial charge in [0, 0.05) is 23.4 Å². The summed E-state index contributed by atoms with van der Waals surface area (Å²) in [5.74, 6) is -0.554. The van der Waals surface area contributed by atoms with Crippen LogP contribution in [0.1, 0.15) is 50.3 Å². The summed E-state index contributed by atoms with van der Waals surface area (Å²) in [6.45, 7) is 3.55. The molecule has 0 bridgehead atoms. The van der Waals surface area contributed by atoms with E-state index in [9.17, 15) is 18.9 Å². The molecule has 0 aliphatic carbocycles. The zero-order valence-corrected chi connectivity index (χ0v) is 19.5. The van der Waals surface area contributed by atoms with Gasteiger partial charge in [0.2, 0.25) is 0 Å². The molecule has 2 N–H and O–H groups in total. The number of hydrogen-bond acceptors (Lipinski definition) is 5. The predicted molar refractivity (Wildman–Crippen MR) is 124 cm³/mol. The van der Waals surface area contributed by atoms with Crippen molar-refractivity contribution in [2.24, 2.45) is 0 Å². The van der Waals surface area contributed by atoms with Crippen molar-refractivity contribution in [3.05, 3.63) is 59.7 Å². The lowest BCUT2D eigenvalue weighted by atomic mass is 9.95. The van der Waals surface area contributed by atoms with Crippen LogP contribution in [0.25, 0.3) is 0 Å². The van der Waals surface area contributed by atoms with E-state index in [0.717, 1.165) is 30.4 Å². The average Bonchev–Trinajstić information content (AvgIpc) is 2.77. The van der Waals surface area contributed by atoms with E-state index in [1.54, 1.807) is 29.4 Å². The first-order valence-corrected chi connectivity index (χ1v) is 12.2. The Morgan fingerprint density at radius 2 is 1.91 bits per heavy atom. The molecule has 1 fully saturated rings. The van der Waals surface area contributed by atoms with Crippen LogP contribution in [0.4, 0.5) is 10.5 Å². The number of aliphatic hydroxyl groups is 1. The number of hydrogen-bond donors (Lipinski definition) is 2. The second kappa shape index (κ2) is 10.3. The number of likely N-dealkylation sites (tertiary alicyclic amines) is 1. The molecule has 2 amide bonds. The minimum atomic E-state index is -1.53. The van der Waals surface area contributed by atoms with E-state index in [4.69, 9.17) is 4.74 Å². The molecule has 1 saturated heterocycles. The number of piperidine rings is 1. The van der Waals surface area contributed by atoms with Gasteiger partial charge in [-0.1, -0.05) is 36.4 Å². The molecule has 172 valence electrons. The Bertz CT molecular complexity index is 988. The lowest BCUT2D eigenvalue weighted by Crippen LogP contribution is -2.39. The van der Waals surface area contributed by atoms with Gasteiger partial charge in [-0.3, -0.25) is 9.00 Å². The minimum absolute atomic E-state index is 0.192. The molecule has 2 unspecified atom stereocenters. The third kappa shape index (κ3) is 5.95. The van der Waals surface area contributed by atoms with E-state index in [2.05, 4.69) is 5.32 Å². The van der Waals surface area contributed by atoms with E-state index >= 15 is 0 Å². The monoisotopic (exact) mass is 458 g/mol. The molecule has 0 radical (unpaired) electrons. The second-order valence-electron chi connectivity index (χ2n) is 8.47. The molecule has 7 nitrogen and oxygen atoms in total. The van der Waals surface area contributed by atoms with Crippen molar-refractivity contribution in [3.63, 3.8) is 0 Å². The van der Waals surface area contributed by atoms with E-state index in [1.165, 1.54) is 13.8 Å². The maximum Gasteiger partial charge on any atom is 0.410 e. The molecular weight excluding hydrogens is 428 g/mol. The summed E-state index contributed by atoms with van der Waals surface area (Å²) < 4.78 is 18.1. The zero-order chi connectivity index (χ0) is 23.3. The Morgan fingerprint density at radius 3 is 2.56 bits per heavy atom. The van der Waals surface area contributed by atoms with Crippen LogP contribution < -0.4 is 5.32 Å². The molecule has 8 heteroatoms. The predicted octanol–water partition coefficient (Wildman–Crippen LogP) is 4.00. The molecule has 2 aromatic carbocycles. The summed E-state index contributed by atoms with van der Waals surface area (Å²) in [4.78, 5) is 27.3. The van der Waals surface area contributed by atoms with Gasteiger partial charge in [0.05, 0.1) is 16.8 Å². The average molecular weight is 459 g/mol. The van der Waals surface area contributed by atoms with Crippen LogP contribution in [0.5, 0.6) is 0 Å². The molecule has 32 heavy (non-hydrogen) atoms. The van der Waals surface area contributed by atoms with Crippen molar-refractivity contribution >= 4 is 28.5 Å². The molecule has 0 spiro atoms. The van der Waals surface area contributed by atoms with Gasteiger partial charge in [-0.2, -0.15) is 0 Å². The smallest absolute Gasteiger partial charge is 0.410 e. The number of amides is 2. The molecule has 0 saturated carbocycles. The highest BCUT2D eigenvalue weighted by Crippen LogP contribution is 2.35. The first-order chi connectivity index (χ1) is 15.2. The molecule has 1 heterocycles. The quantitative estimate of drug-likeness (QED) is 0.682. The number of benzene rings is 2. The Morgan fingerprint density at radius 1 is 1.19 bits per heavy atom. The SMILES string of the molecule is CS(=O)c1cc(NC(=O)C(C)(C)O)ccc1C1CCCCN1C(=O)OCc1ccccc1. The van der Waals surface area contributed by atoms with Crippen molar-refractivity contribution in [2.75, 3.05) is 18.1 Å². The number of anilines is 1. The maximum absolute atomic E-state index is 12.9. The van der Waals surface area contributed by atoms with Crippen LogP contribution >= 0.6 is 0 Å². The third-order valence-electron chi connectivity index (χ3n) is 5.44. The highest BCUT2D eigenvalue weighted by molar-refractivity contribution is 7.84. The van der Waals surface area contributed by atoms with Gasteiger partial charge in [-0.15, -0.1) is 0 Å². The summed E-state index contributed by atoms with van der Waals surface area (Å²) in [6, 6.07) is 14.4. The highest BCUT2D eigenvalue weighted by Gasteiger charge is 2.32. The van der Waals surface area contributed by atoms with Crippen LogP contribution in [0.3, 0.4) is 0 Å². The number of nitrogens with zero attached hydrogens (tertiary/aromatic N) is 1. The Balaban J connectivity index is 1.82. The van der Waals surface area contributed by atoms with Crippen LogP contribution in [0.15, 0.2) is 53.4 Å². The fourth-order valence-corrected chi connectivity index (χ4v) is 4.52. The topological polar surface area (TPSA) is 95.9 Å². The summed E-state index contributed by atoms with van der Waals surface area (Å²) in [5, 5.41) is 12.5. The summed E-state index contributed by atoms with van der Waals surface area (Å²) in [7, 11) is -1.34. The van der Waals surface area contributed by atoms with Gasteiger partial charge < -0.3 is 20.1 Å². The van der Waals surface area contributed by atoms with Crippen LogP contribution in [-0.4, -0.2) is 44.6 Å². The molecular formula is C24H30N2O5S. The van der Waals surface area contributed by atoms with Gasteiger partial charge in [-0.05, 0) is 56.4 Å². The Labute approximate surface area is 191 Å². The second-order valence-corrected chi connectivity index (χ2v) is 9.81. The number of ether oxygens (including phenoxy) is 1. The summed E-state index contributed by atoms with van der Waals surface area (Å²) in [6.07, 6.45) is 3.73. The van der Waals surface area contributed by atoms with Crippen molar-refractivity contribution < 1.29 is 23.6 Å². The summed E-state index contributed by atoms with van der Waals surface area (Å²) in [5.41, 5.74) is 0.604. The largest absolute Gasteiger partial charge is 0.445 e. The highest BCUT2D eigenvalue weighted by atomic mass is 32.2. The number of rotatable bonds is 6. The van der Waals surface area contributed by atoms with Crippen LogP contribution in [0, 0.1) is 0 Å². The first-order valence-electron chi connectivity index (χ1n) is 10.7. The third-order valence-corrected chi connectivity index (χ3v) is 6.41. The normalized spacial score (nSPS) is 17.5. The maximum atomic E-state index is 12.9. The van der Waals surface area contributed by atoms with Gasteiger partial charge in [-0.25, -0.2) is 4.79 Å². The number of nitrogens with one attached hydrogen (secondary N) is 1. The number of carbonyl (C=O) groups is 2. The van der Waals surface area contributed by atoms with Crippen LogP contribution in [-0.2, 0) is 26.9 Å². The lowest BCUT2D eigenvalue weighted by molar-refractivity contribution is -0.130.